The Hall–Kier alpha value is -4.19. The number of esters is 3. The van der Waals surface area contributed by atoms with E-state index in [2.05, 4.69) is 81.5 Å². The Morgan fingerprint density at radius 2 is 0.703 bits per heavy atom. The molecule has 0 heterocycles. The molecule has 0 rings (SSSR count). The van der Waals surface area contributed by atoms with Gasteiger partial charge in [0.05, 0.1) is 0 Å². The Kier molecular flexibility index (Phi) is 48.1. The fraction of sp³-hybridized carbons (Fsp3) is 0.603. The summed E-state index contributed by atoms with van der Waals surface area (Å²) in [6.07, 6.45) is 70.5. The van der Waals surface area contributed by atoms with Gasteiger partial charge in [-0.25, -0.2) is 0 Å². The molecule has 0 aromatic heterocycles. The molecule has 0 amide bonds. The van der Waals surface area contributed by atoms with Crippen LogP contribution in [-0.4, -0.2) is 37.2 Å². The van der Waals surface area contributed by atoms with Crippen molar-refractivity contribution in [1.82, 2.24) is 0 Å². The van der Waals surface area contributed by atoms with Crippen LogP contribution in [0.1, 0.15) is 207 Å². The molecule has 0 aromatic carbocycles. The first kappa shape index (κ1) is 59.8. The first-order chi connectivity index (χ1) is 31.5. The van der Waals surface area contributed by atoms with Gasteiger partial charge in [-0.15, -0.1) is 0 Å². The Morgan fingerprint density at radius 3 is 1.23 bits per heavy atom. The topological polar surface area (TPSA) is 78.9 Å². The molecule has 0 saturated carbocycles. The molecule has 6 nitrogen and oxygen atoms in total. The highest BCUT2D eigenvalue weighted by Crippen LogP contribution is 2.13. The summed E-state index contributed by atoms with van der Waals surface area (Å²) < 4.78 is 16.7. The zero-order valence-electron chi connectivity index (χ0n) is 41.0. The minimum atomic E-state index is -0.827. The van der Waals surface area contributed by atoms with Crippen molar-refractivity contribution in [2.24, 2.45) is 0 Å². The maximum absolute atomic E-state index is 12.8. The van der Waals surface area contributed by atoms with Gasteiger partial charge in [-0.05, 0) is 89.9 Å². The average Bonchev–Trinajstić information content (AvgIpc) is 3.29. The number of allylic oxidation sites excluding steroid dienone is 20. The highest BCUT2D eigenvalue weighted by Gasteiger charge is 2.19. The van der Waals surface area contributed by atoms with Gasteiger partial charge >= 0.3 is 17.9 Å². The van der Waals surface area contributed by atoms with E-state index in [1.165, 1.54) is 70.6 Å². The number of carbonyl (C=O) groups is 3. The smallest absolute Gasteiger partial charge is 0.306 e. The fourth-order valence-electron chi connectivity index (χ4n) is 6.55. The summed E-state index contributed by atoms with van der Waals surface area (Å²) in [6.45, 7) is 6.26. The Balaban J connectivity index is 4.52. The molecule has 64 heavy (non-hydrogen) atoms. The Labute approximate surface area is 392 Å². The van der Waals surface area contributed by atoms with Crippen molar-refractivity contribution in [1.29, 1.82) is 0 Å². The molecule has 1 atom stereocenters. The van der Waals surface area contributed by atoms with Gasteiger partial charge in [-0.3, -0.25) is 14.4 Å². The first-order valence-electron chi connectivity index (χ1n) is 25.6. The van der Waals surface area contributed by atoms with Gasteiger partial charge in [-0.2, -0.15) is 0 Å². The molecular formula is C58H92O6. The standard InChI is InChI=1S/C58H92O6/c1-4-7-10-13-16-19-22-24-26-28-30-31-33-36-39-42-45-48-51-57(60)63-54-55(53-62-56(59)50-47-44-41-38-35-21-18-15-12-9-6-3)64-58(61)52-49-46-43-40-37-34-32-29-27-25-23-20-17-14-11-8-5-2/h8-9,11-12,14,17-18,20-21,23,25,27,29-32,34,37-38,41,55H,4-7,10,13,15-16,19,22,24,26,28,33,35-36,39-40,42-54H2,1-3H3/b11-8-,12-9-,17-14-,21-18-,23-20-,27-25-,31-30-,32-29+,37-34-,41-38-. The lowest BCUT2D eigenvalue weighted by Gasteiger charge is -2.18. The van der Waals surface area contributed by atoms with E-state index < -0.39 is 6.10 Å². The van der Waals surface area contributed by atoms with Gasteiger partial charge in [0, 0.05) is 19.3 Å². The summed E-state index contributed by atoms with van der Waals surface area (Å²) in [6, 6.07) is 0. The Morgan fingerprint density at radius 1 is 0.344 bits per heavy atom. The maximum atomic E-state index is 12.8. The molecule has 0 aliphatic rings. The Bertz CT molecular complexity index is 1390. The molecular weight excluding hydrogens is 793 g/mol. The minimum Gasteiger partial charge on any atom is -0.462 e. The van der Waals surface area contributed by atoms with Gasteiger partial charge in [0.2, 0.25) is 0 Å². The molecule has 0 fully saturated rings. The third kappa shape index (κ3) is 48.8. The molecule has 0 bridgehead atoms. The lowest BCUT2D eigenvalue weighted by Crippen LogP contribution is -2.30. The average molecular weight is 885 g/mol. The van der Waals surface area contributed by atoms with Crippen LogP contribution in [-0.2, 0) is 28.6 Å². The third-order valence-electron chi connectivity index (χ3n) is 10.3. The summed E-state index contributed by atoms with van der Waals surface area (Å²) in [5.41, 5.74) is 0. The second kappa shape index (κ2) is 51.4. The number of ether oxygens (including phenoxy) is 3. The van der Waals surface area contributed by atoms with E-state index in [1.807, 2.05) is 60.8 Å². The predicted molar refractivity (Wildman–Crippen MR) is 274 cm³/mol. The molecule has 0 N–H and O–H groups in total. The van der Waals surface area contributed by atoms with Crippen molar-refractivity contribution in [3.8, 4) is 0 Å². The zero-order valence-corrected chi connectivity index (χ0v) is 41.0. The van der Waals surface area contributed by atoms with Crippen LogP contribution in [0.5, 0.6) is 0 Å². The largest absolute Gasteiger partial charge is 0.462 e. The van der Waals surface area contributed by atoms with Gasteiger partial charge in [-0.1, -0.05) is 219 Å². The molecule has 1 unspecified atom stereocenters. The number of unbranched alkanes of at least 4 members (excludes halogenated alkanes) is 18. The van der Waals surface area contributed by atoms with Crippen molar-refractivity contribution < 1.29 is 28.6 Å². The highest BCUT2D eigenvalue weighted by molar-refractivity contribution is 5.71. The summed E-state index contributed by atoms with van der Waals surface area (Å²) in [5, 5.41) is 0. The van der Waals surface area contributed by atoms with Crippen LogP contribution < -0.4 is 0 Å². The first-order valence-corrected chi connectivity index (χ1v) is 25.6. The van der Waals surface area contributed by atoms with Crippen LogP contribution in [0.2, 0.25) is 0 Å². The lowest BCUT2D eigenvalue weighted by molar-refractivity contribution is -0.167. The van der Waals surface area contributed by atoms with Crippen LogP contribution in [0.25, 0.3) is 0 Å². The quantitative estimate of drug-likeness (QED) is 0.0199. The molecule has 6 heteroatoms. The zero-order chi connectivity index (χ0) is 46.5. The number of hydrogen-bond acceptors (Lipinski definition) is 6. The fourth-order valence-corrected chi connectivity index (χ4v) is 6.55. The van der Waals surface area contributed by atoms with Crippen LogP contribution in [0.3, 0.4) is 0 Å². The van der Waals surface area contributed by atoms with Crippen LogP contribution >= 0.6 is 0 Å². The van der Waals surface area contributed by atoms with E-state index in [0.29, 0.717) is 19.3 Å². The van der Waals surface area contributed by atoms with Gasteiger partial charge in [0.15, 0.2) is 6.10 Å². The molecule has 0 aliphatic heterocycles. The normalized spacial score (nSPS) is 13.1. The molecule has 0 aromatic rings. The van der Waals surface area contributed by atoms with E-state index in [1.54, 1.807) is 0 Å². The molecule has 0 aliphatic carbocycles. The minimum absolute atomic E-state index is 0.120. The lowest BCUT2D eigenvalue weighted by atomic mass is 10.1. The van der Waals surface area contributed by atoms with E-state index in [4.69, 9.17) is 14.2 Å². The number of carbonyl (C=O) groups excluding carboxylic acids is 3. The van der Waals surface area contributed by atoms with E-state index in [9.17, 15) is 14.4 Å². The van der Waals surface area contributed by atoms with Crippen molar-refractivity contribution in [3.63, 3.8) is 0 Å². The van der Waals surface area contributed by atoms with Crippen molar-refractivity contribution >= 4 is 17.9 Å². The van der Waals surface area contributed by atoms with Crippen molar-refractivity contribution in [2.45, 2.75) is 213 Å². The second-order valence-electron chi connectivity index (χ2n) is 16.5. The number of hydrogen-bond donors (Lipinski definition) is 0. The van der Waals surface area contributed by atoms with E-state index in [-0.39, 0.29) is 44.0 Å². The van der Waals surface area contributed by atoms with Crippen LogP contribution in [0, 0.1) is 0 Å². The van der Waals surface area contributed by atoms with Gasteiger partial charge < -0.3 is 14.2 Å². The molecule has 0 spiro atoms. The summed E-state index contributed by atoms with van der Waals surface area (Å²) in [7, 11) is 0. The number of rotatable bonds is 44. The monoisotopic (exact) mass is 885 g/mol. The summed E-state index contributed by atoms with van der Waals surface area (Å²) in [5.74, 6) is -1.04. The van der Waals surface area contributed by atoms with Crippen molar-refractivity contribution in [3.05, 3.63) is 122 Å². The van der Waals surface area contributed by atoms with Crippen molar-refractivity contribution in [2.75, 3.05) is 13.2 Å². The maximum Gasteiger partial charge on any atom is 0.306 e. The van der Waals surface area contributed by atoms with Gasteiger partial charge in [0.1, 0.15) is 13.2 Å². The molecule has 360 valence electrons. The summed E-state index contributed by atoms with van der Waals surface area (Å²) in [4.78, 5) is 37.9. The van der Waals surface area contributed by atoms with Crippen LogP contribution in [0.4, 0.5) is 0 Å². The molecule has 0 radical (unpaired) electrons. The molecule has 0 saturated heterocycles. The third-order valence-corrected chi connectivity index (χ3v) is 10.3. The van der Waals surface area contributed by atoms with Crippen LogP contribution in [0.15, 0.2) is 122 Å². The SMILES string of the molecule is CC\C=C/C=C\C=C/C=C\C=C\C=C/CCCCCC(=O)OC(COC(=O)CCC/C=C\C/C=C\C/C=C\CC)COC(=O)CCCCCCC/C=C\CCCCCCCCCCC. The summed E-state index contributed by atoms with van der Waals surface area (Å²) >= 11 is 0. The second-order valence-corrected chi connectivity index (χ2v) is 16.5. The highest BCUT2D eigenvalue weighted by atomic mass is 16.6. The van der Waals surface area contributed by atoms with E-state index in [0.717, 1.165) is 83.5 Å². The predicted octanol–water partition coefficient (Wildman–Crippen LogP) is 16.9. The van der Waals surface area contributed by atoms with E-state index >= 15 is 0 Å². The van der Waals surface area contributed by atoms with Gasteiger partial charge in [0.25, 0.3) is 0 Å².